The quantitative estimate of drug-likeness (QED) is 0.621. The Morgan fingerprint density at radius 2 is 2.04 bits per heavy atom. The van der Waals surface area contributed by atoms with Crippen molar-refractivity contribution in [3.63, 3.8) is 0 Å². The van der Waals surface area contributed by atoms with Crippen LogP contribution in [0.25, 0.3) is 0 Å². The standard InChI is InChI=1S/C20H18BrClFNO/c1-11-8-13(4-5-18(11)23)19(12-2-3-12)24-7-6-15-16(20(24)25)9-14(22)10-17(15)21/h4-5,8-10,12,19H,2-3,6-7H2,1H3. The van der Waals surface area contributed by atoms with E-state index < -0.39 is 0 Å². The molecule has 130 valence electrons. The van der Waals surface area contributed by atoms with Crippen molar-refractivity contribution >= 4 is 33.4 Å². The van der Waals surface area contributed by atoms with Crippen LogP contribution in [0, 0.1) is 18.7 Å². The monoisotopic (exact) mass is 421 g/mol. The van der Waals surface area contributed by atoms with Crippen LogP contribution in [0.1, 0.15) is 45.9 Å². The Labute approximate surface area is 160 Å². The van der Waals surface area contributed by atoms with Crippen LogP contribution in [0.2, 0.25) is 5.02 Å². The van der Waals surface area contributed by atoms with Gasteiger partial charge in [0.15, 0.2) is 0 Å². The SMILES string of the molecule is Cc1cc(C(C2CC2)N2CCc3c(Br)cc(Cl)cc3C2=O)ccc1F. The normalized spacial score (nSPS) is 18.2. The number of nitrogens with zero attached hydrogens (tertiary/aromatic N) is 1. The molecule has 2 aliphatic rings. The van der Waals surface area contributed by atoms with Gasteiger partial charge in [-0.2, -0.15) is 0 Å². The van der Waals surface area contributed by atoms with Crippen molar-refractivity contribution in [1.82, 2.24) is 4.90 Å². The number of carbonyl (C=O) groups excluding carboxylic acids is 1. The molecule has 4 rings (SSSR count). The molecule has 1 aliphatic heterocycles. The Hall–Kier alpha value is -1.39. The number of fused-ring (bicyclic) bond motifs is 1. The van der Waals surface area contributed by atoms with Gasteiger partial charge in [0.1, 0.15) is 5.82 Å². The first-order chi connectivity index (χ1) is 12.0. The van der Waals surface area contributed by atoms with Crippen LogP contribution < -0.4 is 0 Å². The maximum absolute atomic E-state index is 13.7. The molecule has 0 spiro atoms. The third kappa shape index (κ3) is 3.11. The largest absolute Gasteiger partial charge is 0.331 e. The zero-order valence-electron chi connectivity index (χ0n) is 13.9. The van der Waals surface area contributed by atoms with Gasteiger partial charge in [0, 0.05) is 21.6 Å². The third-order valence-corrected chi connectivity index (χ3v) is 6.11. The molecule has 0 N–H and O–H groups in total. The summed E-state index contributed by atoms with van der Waals surface area (Å²) < 4.78 is 14.6. The van der Waals surface area contributed by atoms with E-state index in [2.05, 4.69) is 15.9 Å². The summed E-state index contributed by atoms with van der Waals surface area (Å²) >= 11 is 9.69. The molecule has 1 unspecified atom stereocenters. The summed E-state index contributed by atoms with van der Waals surface area (Å²) in [7, 11) is 0. The maximum Gasteiger partial charge on any atom is 0.254 e. The van der Waals surface area contributed by atoms with Crippen molar-refractivity contribution in [2.24, 2.45) is 5.92 Å². The summed E-state index contributed by atoms with van der Waals surface area (Å²) in [6, 6.07) is 8.83. The lowest BCUT2D eigenvalue weighted by molar-refractivity contribution is 0.0632. The van der Waals surface area contributed by atoms with Gasteiger partial charge in [-0.05, 0) is 67.0 Å². The van der Waals surface area contributed by atoms with Gasteiger partial charge in [0.2, 0.25) is 0 Å². The molecule has 0 radical (unpaired) electrons. The van der Waals surface area contributed by atoms with Crippen molar-refractivity contribution in [2.45, 2.75) is 32.2 Å². The van der Waals surface area contributed by atoms with Gasteiger partial charge in [0.05, 0.1) is 6.04 Å². The van der Waals surface area contributed by atoms with Crippen molar-refractivity contribution in [2.75, 3.05) is 6.54 Å². The fourth-order valence-electron chi connectivity index (χ4n) is 3.77. The molecule has 0 bridgehead atoms. The highest BCUT2D eigenvalue weighted by Gasteiger charge is 2.40. The summed E-state index contributed by atoms with van der Waals surface area (Å²) in [5, 5.41) is 0.557. The number of benzene rings is 2. The average molecular weight is 423 g/mol. The first-order valence-corrected chi connectivity index (χ1v) is 9.67. The van der Waals surface area contributed by atoms with Gasteiger partial charge in [0.25, 0.3) is 5.91 Å². The molecule has 1 aliphatic carbocycles. The highest BCUT2D eigenvalue weighted by Crippen LogP contribution is 2.46. The minimum atomic E-state index is -0.204. The van der Waals surface area contributed by atoms with Gasteiger partial charge in [-0.25, -0.2) is 4.39 Å². The molecular formula is C20H18BrClFNO. The molecular weight excluding hydrogens is 405 g/mol. The lowest BCUT2D eigenvalue weighted by atomic mass is 9.93. The molecule has 2 nitrogen and oxygen atoms in total. The summed E-state index contributed by atoms with van der Waals surface area (Å²) in [6.07, 6.45) is 3.01. The topological polar surface area (TPSA) is 20.3 Å². The molecule has 1 saturated carbocycles. The lowest BCUT2D eigenvalue weighted by Gasteiger charge is -2.36. The van der Waals surface area contributed by atoms with Gasteiger partial charge in [-0.3, -0.25) is 4.79 Å². The van der Waals surface area contributed by atoms with Crippen molar-refractivity contribution in [1.29, 1.82) is 0 Å². The maximum atomic E-state index is 13.7. The zero-order chi connectivity index (χ0) is 17.7. The van der Waals surface area contributed by atoms with E-state index in [1.165, 1.54) is 6.07 Å². The number of aryl methyl sites for hydroxylation is 1. The summed E-state index contributed by atoms with van der Waals surface area (Å²) in [4.78, 5) is 15.1. The van der Waals surface area contributed by atoms with E-state index in [0.717, 1.165) is 34.9 Å². The molecule has 1 heterocycles. The van der Waals surface area contributed by atoms with Crippen LogP contribution in [0.5, 0.6) is 0 Å². The predicted octanol–water partition coefficient (Wildman–Crippen LogP) is 5.70. The van der Waals surface area contributed by atoms with E-state index in [9.17, 15) is 9.18 Å². The van der Waals surface area contributed by atoms with Crippen LogP contribution in [0.4, 0.5) is 4.39 Å². The Balaban J connectivity index is 1.74. The van der Waals surface area contributed by atoms with E-state index in [-0.39, 0.29) is 17.8 Å². The Kier molecular flexibility index (Phi) is 4.37. The van der Waals surface area contributed by atoms with Crippen LogP contribution in [0.15, 0.2) is 34.8 Å². The minimum Gasteiger partial charge on any atom is -0.331 e. The first kappa shape index (κ1) is 17.0. The van der Waals surface area contributed by atoms with Crippen LogP contribution in [-0.4, -0.2) is 17.4 Å². The Morgan fingerprint density at radius 3 is 2.72 bits per heavy atom. The van der Waals surface area contributed by atoms with Gasteiger partial charge in [-0.1, -0.05) is 39.7 Å². The van der Waals surface area contributed by atoms with E-state index in [0.29, 0.717) is 28.6 Å². The molecule has 5 heteroatoms. The Bertz CT molecular complexity index is 865. The van der Waals surface area contributed by atoms with Crippen LogP contribution in [0.3, 0.4) is 0 Å². The highest BCUT2D eigenvalue weighted by molar-refractivity contribution is 9.10. The number of halogens is 3. The third-order valence-electron chi connectivity index (χ3n) is 5.18. The van der Waals surface area contributed by atoms with Crippen LogP contribution in [-0.2, 0) is 6.42 Å². The summed E-state index contributed by atoms with van der Waals surface area (Å²) in [5.74, 6) is 0.269. The minimum absolute atomic E-state index is 0.0118. The predicted molar refractivity (Wildman–Crippen MR) is 100 cm³/mol. The van der Waals surface area contributed by atoms with E-state index >= 15 is 0 Å². The Morgan fingerprint density at radius 1 is 1.28 bits per heavy atom. The van der Waals surface area contributed by atoms with Crippen LogP contribution >= 0.6 is 27.5 Å². The molecule has 25 heavy (non-hydrogen) atoms. The lowest BCUT2D eigenvalue weighted by Crippen LogP contribution is -2.41. The number of hydrogen-bond acceptors (Lipinski definition) is 1. The summed E-state index contributed by atoms with van der Waals surface area (Å²) in [5.41, 5.74) is 3.35. The van der Waals surface area contributed by atoms with Gasteiger partial charge in [-0.15, -0.1) is 0 Å². The smallest absolute Gasteiger partial charge is 0.254 e. The molecule has 0 aromatic heterocycles. The molecule has 1 fully saturated rings. The molecule has 2 aromatic rings. The molecule has 2 aromatic carbocycles. The second kappa shape index (κ2) is 6.40. The second-order valence-electron chi connectivity index (χ2n) is 6.95. The number of rotatable bonds is 3. The summed E-state index contributed by atoms with van der Waals surface area (Å²) in [6.45, 7) is 2.44. The van der Waals surface area contributed by atoms with Crippen molar-refractivity contribution in [3.8, 4) is 0 Å². The number of amides is 1. The zero-order valence-corrected chi connectivity index (χ0v) is 16.2. The highest BCUT2D eigenvalue weighted by atomic mass is 79.9. The fourth-order valence-corrected chi connectivity index (χ4v) is 4.78. The van der Waals surface area contributed by atoms with E-state index in [1.54, 1.807) is 13.0 Å². The second-order valence-corrected chi connectivity index (χ2v) is 8.24. The van der Waals surface area contributed by atoms with Crippen molar-refractivity contribution in [3.05, 3.63) is 67.9 Å². The van der Waals surface area contributed by atoms with Gasteiger partial charge < -0.3 is 4.90 Å². The average Bonchev–Trinajstić information content (AvgIpc) is 3.38. The fraction of sp³-hybridized carbons (Fsp3) is 0.350. The number of carbonyl (C=O) groups is 1. The van der Waals surface area contributed by atoms with Crippen molar-refractivity contribution < 1.29 is 9.18 Å². The molecule has 0 saturated heterocycles. The first-order valence-electron chi connectivity index (χ1n) is 8.50. The van der Waals surface area contributed by atoms with E-state index in [4.69, 9.17) is 11.6 Å². The van der Waals surface area contributed by atoms with Gasteiger partial charge >= 0.3 is 0 Å². The number of hydrogen-bond donors (Lipinski definition) is 0. The molecule has 1 amide bonds. The van der Waals surface area contributed by atoms with E-state index in [1.807, 2.05) is 23.1 Å². The molecule has 1 atom stereocenters.